The Morgan fingerprint density at radius 2 is 1.70 bits per heavy atom. The third kappa shape index (κ3) is 2.53. The van der Waals surface area contributed by atoms with Gasteiger partial charge in [0.1, 0.15) is 5.75 Å². The molecule has 120 valence electrons. The SMILES string of the molecule is COc1cc2c(cc1OC)C(c1cccc(Cl)c1OC)CC2=O. The van der Waals surface area contributed by atoms with Crippen molar-refractivity contribution >= 4 is 17.4 Å². The summed E-state index contributed by atoms with van der Waals surface area (Å²) >= 11 is 6.22. The largest absolute Gasteiger partial charge is 0.495 e. The third-order valence-electron chi connectivity index (χ3n) is 4.20. The molecular weight excluding hydrogens is 316 g/mol. The first-order valence-corrected chi connectivity index (χ1v) is 7.60. The summed E-state index contributed by atoms with van der Waals surface area (Å²) in [5.74, 6) is 1.73. The van der Waals surface area contributed by atoms with Crippen molar-refractivity contribution in [2.45, 2.75) is 12.3 Å². The molecule has 0 spiro atoms. The summed E-state index contributed by atoms with van der Waals surface area (Å²) in [5.41, 5.74) is 2.47. The van der Waals surface area contributed by atoms with Crippen LogP contribution in [0, 0.1) is 0 Å². The summed E-state index contributed by atoms with van der Waals surface area (Å²) in [6, 6.07) is 9.19. The van der Waals surface area contributed by atoms with E-state index in [0.29, 0.717) is 34.3 Å². The smallest absolute Gasteiger partial charge is 0.164 e. The zero-order valence-electron chi connectivity index (χ0n) is 13.2. The van der Waals surface area contributed by atoms with Crippen molar-refractivity contribution in [2.24, 2.45) is 0 Å². The number of hydrogen-bond acceptors (Lipinski definition) is 4. The van der Waals surface area contributed by atoms with Crippen molar-refractivity contribution in [3.8, 4) is 17.2 Å². The summed E-state index contributed by atoms with van der Waals surface area (Å²) in [6.45, 7) is 0. The number of halogens is 1. The number of methoxy groups -OCH3 is 3. The zero-order chi connectivity index (χ0) is 16.6. The third-order valence-corrected chi connectivity index (χ3v) is 4.50. The molecule has 4 nitrogen and oxygen atoms in total. The fraction of sp³-hybridized carbons (Fsp3) is 0.278. The predicted molar refractivity (Wildman–Crippen MR) is 88.3 cm³/mol. The van der Waals surface area contributed by atoms with Gasteiger partial charge in [0.05, 0.1) is 26.4 Å². The van der Waals surface area contributed by atoms with E-state index in [9.17, 15) is 4.79 Å². The molecule has 0 aliphatic heterocycles. The number of rotatable bonds is 4. The summed E-state index contributed by atoms with van der Waals surface area (Å²) in [4.78, 5) is 12.4. The lowest BCUT2D eigenvalue weighted by atomic mass is 9.92. The highest BCUT2D eigenvalue weighted by molar-refractivity contribution is 6.32. The molecule has 0 aromatic heterocycles. The number of hydrogen-bond donors (Lipinski definition) is 0. The maximum absolute atomic E-state index is 12.4. The van der Waals surface area contributed by atoms with E-state index in [1.165, 1.54) is 0 Å². The number of ether oxygens (including phenoxy) is 3. The first-order valence-electron chi connectivity index (χ1n) is 7.22. The molecule has 1 unspecified atom stereocenters. The molecule has 5 heteroatoms. The van der Waals surface area contributed by atoms with Crippen molar-refractivity contribution in [1.82, 2.24) is 0 Å². The molecule has 1 aliphatic rings. The van der Waals surface area contributed by atoms with Crippen LogP contribution in [0.5, 0.6) is 17.2 Å². The Hall–Kier alpha value is -2.20. The Labute approximate surface area is 139 Å². The number of carbonyl (C=O) groups excluding carboxylic acids is 1. The molecule has 23 heavy (non-hydrogen) atoms. The van der Waals surface area contributed by atoms with Gasteiger partial charge in [-0.25, -0.2) is 0 Å². The lowest BCUT2D eigenvalue weighted by Crippen LogP contribution is -2.01. The lowest BCUT2D eigenvalue weighted by molar-refractivity contribution is 0.0991. The van der Waals surface area contributed by atoms with E-state index in [-0.39, 0.29) is 11.7 Å². The number of fused-ring (bicyclic) bond motifs is 1. The normalized spacial score (nSPS) is 16.2. The number of ketones is 1. The van der Waals surface area contributed by atoms with Gasteiger partial charge in [-0.1, -0.05) is 23.7 Å². The Morgan fingerprint density at radius 3 is 2.35 bits per heavy atom. The molecule has 1 atom stereocenters. The second-order valence-corrected chi connectivity index (χ2v) is 5.74. The standard InChI is InChI=1S/C18H17ClO4/c1-21-16-8-12-11(7-15(20)13(12)9-17(16)22-2)10-5-4-6-14(19)18(10)23-3/h4-6,8-9,11H,7H2,1-3H3. The lowest BCUT2D eigenvalue weighted by Gasteiger charge is -2.17. The van der Waals surface area contributed by atoms with E-state index in [4.69, 9.17) is 25.8 Å². The molecule has 0 saturated heterocycles. The fourth-order valence-corrected chi connectivity index (χ4v) is 3.38. The number of benzene rings is 2. The van der Waals surface area contributed by atoms with E-state index >= 15 is 0 Å². The molecule has 2 aromatic carbocycles. The van der Waals surface area contributed by atoms with Crippen LogP contribution < -0.4 is 14.2 Å². The molecule has 3 rings (SSSR count). The zero-order valence-corrected chi connectivity index (χ0v) is 13.9. The van der Waals surface area contributed by atoms with Gasteiger partial charge >= 0.3 is 0 Å². The first kappa shape index (κ1) is 15.7. The number of carbonyl (C=O) groups is 1. The predicted octanol–water partition coefficient (Wildman–Crippen LogP) is 4.08. The quantitative estimate of drug-likeness (QED) is 0.846. The minimum Gasteiger partial charge on any atom is -0.495 e. The Kier molecular flexibility index (Phi) is 4.18. The first-order chi connectivity index (χ1) is 11.1. The van der Waals surface area contributed by atoms with Crippen LogP contribution in [0.25, 0.3) is 0 Å². The molecule has 0 amide bonds. The van der Waals surface area contributed by atoms with Crippen molar-refractivity contribution in [2.75, 3.05) is 21.3 Å². The molecular formula is C18H17ClO4. The van der Waals surface area contributed by atoms with Crippen LogP contribution in [-0.4, -0.2) is 27.1 Å². The van der Waals surface area contributed by atoms with E-state index in [1.54, 1.807) is 33.5 Å². The molecule has 0 bridgehead atoms. The van der Waals surface area contributed by atoms with Gasteiger partial charge < -0.3 is 14.2 Å². The minimum absolute atomic E-state index is 0.0768. The second-order valence-electron chi connectivity index (χ2n) is 5.34. The highest BCUT2D eigenvalue weighted by atomic mass is 35.5. The maximum Gasteiger partial charge on any atom is 0.164 e. The second kappa shape index (κ2) is 6.13. The molecule has 0 N–H and O–H groups in total. The van der Waals surface area contributed by atoms with Gasteiger partial charge in [-0.2, -0.15) is 0 Å². The highest BCUT2D eigenvalue weighted by Gasteiger charge is 2.34. The molecule has 2 aromatic rings. The van der Waals surface area contributed by atoms with Crippen LogP contribution in [0.3, 0.4) is 0 Å². The van der Waals surface area contributed by atoms with Crippen LogP contribution in [-0.2, 0) is 0 Å². The molecule has 0 heterocycles. The molecule has 0 saturated carbocycles. The van der Waals surface area contributed by atoms with Gasteiger partial charge in [0.2, 0.25) is 0 Å². The van der Waals surface area contributed by atoms with Crippen LogP contribution in [0.15, 0.2) is 30.3 Å². The highest BCUT2D eigenvalue weighted by Crippen LogP contribution is 2.46. The van der Waals surface area contributed by atoms with E-state index in [0.717, 1.165) is 11.1 Å². The van der Waals surface area contributed by atoms with Crippen LogP contribution in [0.4, 0.5) is 0 Å². The van der Waals surface area contributed by atoms with E-state index < -0.39 is 0 Å². The average molecular weight is 333 g/mol. The van der Waals surface area contributed by atoms with E-state index in [1.807, 2.05) is 18.2 Å². The van der Waals surface area contributed by atoms with Crippen molar-refractivity contribution < 1.29 is 19.0 Å². The summed E-state index contributed by atoms with van der Waals surface area (Å²) < 4.78 is 16.1. The fourth-order valence-electron chi connectivity index (χ4n) is 3.12. The topological polar surface area (TPSA) is 44.8 Å². The summed E-state index contributed by atoms with van der Waals surface area (Å²) in [6.07, 6.45) is 0.377. The molecule has 1 aliphatic carbocycles. The monoisotopic (exact) mass is 332 g/mol. The van der Waals surface area contributed by atoms with Crippen LogP contribution in [0.2, 0.25) is 5.02 Å². The van der Waals surface area contributed by atoms with Gasteiger partial charge in [-0.3, -0.25) is 4.79 Å². The van der Waals surface area contributed by atoms with Gasteiger partial charge in [0.25, 0.3) is 0 Å². The number of Topliss-reactive ketones (excluding diaryl/α,β-unsaturated/α-hetero) is 1. The van der Waals surface area contributed by atoms with Crippen molar-refractivity contribution in [1.29, 1.82) is 0 Å². The van der Waals surface area contributed by atoms with Gasteiger partial charge in [-0.15, -0.1) is 0 Å². The Morgan fingerprint density at radius 1 is 1.00 bits per heavy atom. The Balaban J connectivity index is 2.17. The Bertz CT molecular complexity index is 770. The molecule has 0 fully saturated rings. The summed E-state index contributed by atoms with van der Waals surface area (Å²) in [5, 5.41) is 0.534. The van der Waals surface area contributed by atoms with Crippen LogP contribution in [0.1, 0.15) is 33.8 Å². The van der Waals surface area contributed by atoms with Gasteiger partial charge in [0.15, 0.2) is 17.3 Å². The van der Waals surface area contributed by atoms with Gasteiger partial charge in [-0.05, 0) is 23.8 Å². The molecule has 0 radical (unpaired) electrons. The average Bonchev–Trinajstić information content (AvgIpc) is 2.89. The number of para-hydroxylation sites is 1. The minimum atomic E-state index is -0.106. The maximum atomic E-state index is 12.4. The van der Waals surface area contributed by atoms with Crippen molar-refractivity contribution in [3.05, 3.63) is 52.0 Å². The summed E-state index contributed by atoms with van der Waals surface area (Å²) in [7, 11) is 4.72. The van der Waals surface area contributed by atoms with E-state index in [2.05, 4.69) is 0 Å². The van der Waals surface area contributed by atoms with Crippen LogP contribution >= 0.6 is 11.6 Å². The van der Waals surface area contributed by atoms with Gasteiger partial charge in [0, 0.05) is 23.5 Å². The van der Waals surface area contributed by atoms with Crippen molar-refractivity contribution in [3.63, 3.8) is 0 Å².